The number of aromatic hydroxyl groups is 1. The van der Waals surface area contributed by atoms with Gasteiger partial charge < -0.3 is 105 Å². The summed E-state index contributed by atoms with van der Waals surface area (Å²) in [5.41, 5.74) is 15.5. The number of hydrogen-bond acceptors (Lipinski definition) is 21. The van der Waals surface area contributed by atoms with Crippen molar-refractivity contribution in [2.45, 2.75) is 156 Å². The molecule has 7 rings (SSSR count). The van der Waals surface area contributed by atoms with Gasteiger partial charge >= 0.3 is 5.97 Å². The van der Waals surface area contributed by atoms with Crippen molar-refractivity contribution in [2.75, 3.05) is 24.7 Å². The Hall–Kier alpha value is -11.2. The van der Waals surface area contributed by atoms with Crippen molar-refractivity contribution in [3.63, 3.8) is 0 Å². The summed E-state index contributed by atoms with van der Waals surface area (Å²) in [5.74, 6) is -12.8. The Morgan fingerprint density at radius 3 is 1.23 bits per heavy atom. The number of benzene rings is 5. The number of H-pyrrole nitrogens is 2. The third kappa shape index (κ3) is 27.1. The quantitative estimate of drug-likeness (QED) is 0.0143. The highest BCUT2D eigenvalue weighted by molar-refractivity contribution is 7.80. The molecule has 33 nitrogen and oxygen atoms in total. The van der Waals surface area contributed by atoms with Gasteiger partial charge in [0.1, 0.15) is 72.2 Å². The smallest absolute Gasteiger partial charge is 0.327 e. The molecule has 2 heterocycles. The Bertz CT molecular complexity index is 4240. The molecule has 35 heteroatoms. The predicted molar refractivity (Wildman–Crippen MR) is 414 cm³/mol. The molecule has 0 aliphatic heterocycles. The van der Waals surface area contributed by atoms with Gasteiger partial charge in [0, 0.05) is 73.3 Å². The van der Waals surface area contributed by atoms with Crippen molar-refractivity contribution < 1.29 is 83.1 Å². The molecule has 0 aliphatic carbocycles. The lowest BCUT2D eigenvalue weighted by Crippen LogP contribution is -2.63. The zero-order chi connectivity index (χ0) is 80.7. The van der Waals surface area contributed by atoms with Crippen LogP contribution in [0.2, 0.25) is 0 Å². The highest BCUT2D eigenvalue weighted by Gasteiger charge is 2.39. The molecule has 0 fully saturated rings. The Kier molecular flexibility index (Phi) is 34.4. The van der Waals surface area contributed by atoms with Crippen LogP contribution in [0.1, 0.15) is 66.6 Å². The number of rotatable bonds is 44. The fraction of sp³-hybridized carbons (Fsp3) is 0.382. The van der Waals surface area contributed by atoms with Crippen LogP contribution >= 0.6 is 25.3 Å². The average Bonchev–Trinajstić information content (AvgIpc) is 1.74. The van der Waals surface area contributed by atoms with Gasteiger partial charge in [-0.25, -0.2) is 9.78 Å². The number of phenols is 1. The molecule has 0 unspecified atom stereocenters. The summed E-state index contributed by atoms with van der Waals surface area (Å²) in [6.45, 7) is 1.37. The molecule has 0 saturated carbocycles. The van der Waals surface area contributed by atoms with Crippen molar-refractivity contribution in [2.24, 2.45) is 11.5 Å². The second-order valence-electron chi connectivity index (χ2n) is 26.5. The van der Waals surface area contributed by atoms with Crippen molar-refractivity contribution in [3.05, 3.63) is 192 Å². The summed E-state index contributed by atoms with van der Waals surface area (Å²) in [4.78, 5) is 181. The number of aromatic amines is 2. The van der Waals surface area contributed by atoms with E-state index in [9.17, 15) is 63.9 Å². The highest BCUT2D eigenvalue weighted by atomic mass is 32.1. The molecule has 14 atom stereocenters. The topological polar surface area (TPSA) is 535 Å². The van der Waals surface area contributed by atoms with Crippen molar-refractivity contribution in [1.82, 2.24) is 73.4 Å². The van der Waals surface area contributed by atoms with Gasteiger partial charge in [-0.05, 0) is 85.7 Å². The molecule has 0 radical (unpaired) electrons. The number of hydrogen-bond donors (Lipinski definition) is 22. The molecule has 7 aromatic rings. The SMILES string of the molecule is C[C@@H](O)[C@H](NC(=O)[C@H](Cc1ccccc1)NC(=O)[C@@H](NC(=O)[C@H](CCCCN)NC(=O)[C@@H](Cc1c[nH]c2ccccc12)NC(=O)[C@H](Cc1ccccc1)NC(=O)[C@H](Cc1ccccc1)NC(=O)[C@H](Cc1ccc(O)cc1)NC(=O)[C@H](Cc1c[nH]cn1)NC(=O)[C@@H](N)CS)[C@@H](C)O)C(=O)N[C@@H](CO)C(=O)N[C@@H](CS)C(=O)O. The molecule has 11 amide bonds. The van der Waals surface area contributed by atoms with Crippen LogP contribution in [0.3, 0.4) is 0 Å². The number of nitrogens with zero attached hydrogens (tertiary/aromatic N) is 1. The number of nitrogens with one attached hydrogen (secondary N) is 13. The summed E-state index contributed by atoms with van der Waals surface area (Å²) >= 11 is 8.04. The van der Waals surface area contributed by atoms with E-state index in [0.717, 1.165) is 13.8 Å². The van der Waals surface area contributed by atoms with E-state index in [1.807, 2.05) is 0 Å². The molecule has 0 saturated heterocycles. The second-order valence-corrected chi connectivity index (χ2v) is 27.3. The second kappa shape index (κ2) is 43.8. The first-order valence-corrected chi connectivity index (χ1v) is 37.1. The number of aliphatic carboxylic acids is 1. The molecular formula is C76H96N16O17S2. The Morgan fingerprint density at radius 1 is 0.432 bits per heavy atom. The third-order valence-electron chi connectivity index (χ3n) is 17.9. The zero-order valence-corrected chi connectivity index (χ0v) is 62.7. The molecule has 0 spiro atoms. The number of unbranched alkanes of at least 4 members (excludes halogenated alkanes) is 1. The molecule has 2 aromatic heterocycles. The minimum absolute atomic E-state index is 0.0686. The number of imidazole rings is 1. The van der Waals surface area contributed by atoms with Crippen LogP contribution in [0.25, 0.3) is 10.9 Å². The Balaban J connectivity index is 1.17. The number of carboxylic acid groups (broad SMARTS) is 1. The molecule has 594 valence electrons. The number of nitrogens with two attached hydrogens (primary N) is 2. The number of amides is 11. The van der Waals surface area contributed by atoms with Crippen LogP contribution in [0.5, 0.6) is 5.75 Å². The molecule has 22 N–H and O–H groups in total. The van der Waals surface area contributed by atoms with Gasteiger partial charge in [0.2, 0.25) is 65.0 Å². The van der Waals surface area contributed by atoms with Gasteiger partial charge in [-0.3, -0.25) is 52.7 Å². The number of carbonyl (C=O) groups excluding carboxylic acids is 11. The first-order chi connectivity index (χ1) is 53.2. The lowest BCUT2D eigenvalue weighted by atomic mass is 9.99. The largest absolute Gasteiger partial charge is 0.508 e. The van der Waals surface area contributed by atoms with E-state index in [4.69, 9.17) is 11.5 Å². The van der Waals surface area contributed by atoms with Crippen LogP contribution in [0.15, 0.2) is 158 Å². The van der Waals surface area contributed by atoms with E-state index in [1.54, 1.807) is 121 Å². The maximum Gasteiger partial charge on any atom is 0.327 e. The molecule has 111 heavy (non-hydrogen) atoms. The van der Waals surface area contributed by atoms with Gasteiger partial charge in [0.25, 0.3) is 0 Å². The maximum absolute atomic E-state index is 15.4. The summed E-state index contributed by atoms with van der Waals surface area (Å²) in [7, 11) is 0. The third-order valence-corrected chi connectivity index (χ3v) is 18.7. The number of para-hydroxylation sites is 1. The first kappa shape index (κ1) is 87.0. The van der Waals surface area contributed by atoms with Crippen LogP contribution < -0.4 is 70.0 Å². The highest BCUT2D eigenvalue weighted by Crippen LogP contribution is 2.21. The molecule has 5 aromatic carbocycles. The van der Waals surface area contributed by atoms with E-state index in [0.29, 0.717) is 50.8 Å². The van der Waals surface area contributed by atoms with Crippen LogP contribution in [-0.2, 0) is 96.1 Å². The predicted octanol–water partition coefficient (Wildman–Crippen LogP) is -2.16. The van der Waals surface area contributed by atoms with E-state index >= 15 is 19.2 Å². The molecule has 0 bridgehead atoms. The molecular weight excluding hydrogens is 1470 g/mol. The fourth-order valence-electron chi connectivity index (χ4n) is 11.8. The van der Waals surface area contributed by atoms with E-state index in [1.165, 1.54) is 36.8 Å². The van der Waals surface area contributed by atoms with Gasteiger partial charge in [0.15, 0.2) is 0 Å². The first-order valence-electron chi connectivity index (χ1n) is 35.8. The number of carboxylic acids is 1. The number of aliphatic hydroxyl groups excluding tert-OH is 3. The lowest BCUT2D eigenvalue weighted by Gasteiger charge is -2.29. The van der Waals surface area contributed by atoms with E-state index < -0.39 is 162 Å². The maximum atomic E-state index is 15.4. The monoisotopic (exact) mass is 1570 g/mol. The standard InChI is InChI=1S/C76H96N16O17S2/c1-42(94)63(74(106)88-58(32-46-20-10-5-11-21-46)72(104)92-64(43(2)95)75(107)89-61(38-93)73(105)90-62(40-111)76(108)109)91-66(98)54(24-14-15-29-77)82-70(102)59(34-48-36-80-53-23-13-12-22-51(48)53)87-69(101)56(31-45-18-8-4-9-19-45)85-67(99)55(30-44-16-6-3-7-17-44)84-68(100)57(33-47-25-27-50(96)28-26-47)86-71(103)60(35-49-37-79-41-81-49)83-65(97)52(78)39-110/h3-13,16-23,25-28,36-37,41-43,52,54-64,80,93-96,110-111H,14-15,24,29-35,38-40,77-78H2,1-2H3,(H,79,81)(H,82,102)(H,83,97)(H,84,100)(H,85,99)(H,86,103)(H,87,101)(H,88,106)(H,89,107)(H,90,105)(H,91,98)(H,92,104)(H,108,109)/t42-,43-,52+,54+,55+,56+,57+,58+,59-,60+,61+,62+,63+,64+/m1/s1. The van der Waals surface area contributed by atoms with E-state index in [-0.39, 0.29) is 75.2 Å². The van der Waals surface area contributed by atoms with Crippen molar-refractivity contribution in [3.8, 4) is 5.75 Å². The summed E-state index contributed by atoms with van der Waals surface area (Å²) < 4.78 is 0. The van der Waals surface area contributed by atoms with Gasteiger partial charge in [-0.1, -0.05) is 121 Å². The Labute approximate surface area is 650 Å². The number of phenolic OH excluding ortho intramolecular Hbond substituents is 1. The van der Waals surface area contributed by atoms with E-state index in [2.05, 4.69) is 98.7 Å². The number of thiol groups is 2. The minimum atomic E-state index is -1.89. The van der Waals surface area contributed by atoms with Crippen LogP contribution in [-0.4, -0.2) is 221 Å². The summed E-state index contributed by atoms with van der Waals surface area (Å²) in [6, 6.07) is 19.3. The summed E-state index contributed by atoms with van der Waals surface area (Å²) in [6.07, 6.45) is 0.174. The van der Waals surface area contributed by atoms with Crippen molar-refractivity contribution in [1.29, 1.82) is 0 Å². The Morgan fingerprint density at radius 2 is 0.811 bits per heavy atom. The van der Waals surface area contributed by atoms with Gasteiger partial charge in [-0.2, -0.15) is 25.3 Å². The van der Waals surface area contributed by atoms with Gasteiger partial charge in [-0.15, -0.1) is 0 Å². The van der Waals surface area contributed by atoms with Crippen molar-refractivity contribution >= 4 is 107 Å². The number of aromatic nitrogens is 3. The average molecular weight is 1570 g/mol. The number of carbonyl (C=O) groups is 12. The zero-order valence-electron chi connectivity index (χ0n) is 60.9. The minimum Gasteiger partial charge on any atom is -0.508 e. The van der Waals surface area contributed by atoms with Crippen LogP contribution in [0, 0.1) is 0 Å². The van der Waals surface area contributed by atoms with Gasteiger partial charge in [0.05, 0.1) is 36.9 Å². The van der Waals surface area contributed by atoms with Crippen LogP contribution in [0.4, 0.5) is 0 Å². The normalized spacial score (nSPS) is 15.0. The number of fused-ring (bicyclic) bond motifs is 1. The molecule has 0 aliphatic rings. The number of aliphatic hydroxyl groups is 3. The lowest BCUT2D eigenvalue weighted by molar-refractivity contribution is -0.142. The summed E-state index contributed by atoms with van der Waals surface area (Å²) in [5, 5.41) is 80.6. The fourth-order valence-corrected chi connectivity index (χ4v) is 12.2.